The molecule has 0 spiro atoms. The van der Waals surface area contributed by atoms with Gasteiger partial charge in [0.05, 0.1) is 6.04 Å². The van der Waals surface area contributed by atoms with E-state index in [-0.39, 0.29) is 17.5 Å². The molecule has 1 unspecified atom stereocenters. The number of nitrogens with zero attached hydrogens (tertiary/aromatic N) is 4. The Labute approximate surface area is 143 Å². The summed E-state index contributed by atoms with van der Waals surface area (Å²) in [6.45, 7) is 2.57. The average molecular weight is 341 g/mol. The monoisotopic (exact) mass is 341 g/mol. The van der Waals surface area contributed by atoms with Gasteiger partial charge in [-0.1, -0.05) is 12.1 Å². The van der Waals surface area contributed by atoms with E-state index in [1.54, 1.807) is 29.4 Å². The van der Waals surface area contributed by atoms with Crippen LogP contribution in [0.4, 0.5) is 0 Å². The number of carbonyl (C=O) groups excluding carboxylic acids is 1. The summed E-state index contributed by atoms with van der Waals surface area (Å²) in [6.07, 6.45) is 6.59. The van der Waals surface area contributed by atoms with Crippen molar-refractivity contribution in [2.75, 3.05) is 6.54 Å². The first kappa shape index (κ1) is 15.6. The van der Waals surface area contributed by atoms with Crippen molar-refractivity contribution >= 4 is 11.7 Å². The van der Waals surface area contributed by atoms with Crippen molar-refractivity contribution in [2.45, 2.75) is 38.6 Å². The molecule has 8 nitrogen and oxygen atoms in total. The first-order valence-corrected chi connectivity index (χ1v) is 8.50. The van der Waals surface area contributed by atoms with E-state index < -0.39 is 0 Å². The lowest BCUT2D eigenvalue weighted by molar-refractivity contribution is 0.0595. The van der Waals surface area contributed by atoms with Crippen LogP contribution in [0.15, 0.2) is 33.8 Å². The van der Waals surface area contributed by atoms with Crippen LogP contribution in [-0.4, -0.2) is 36.9 Å². The predicted molar refractivity (Wildman–Crippen MR) is 89.3 cm³/mol. The molecule has 1 fully saturated rings. The van der Waals surface area contributed by atoms with Crippen LogP contribution in [0.25, 0.3) is 5.78 Å². The molecule has 1 saturated heterocycles. The van der Waals surface area contributed by atoms with Gasteiger partial charge in [0.15, 0.2) is 5.69 Å². The summed E-state index contributed by atoms with van der Waals surface area (Å²) < 4.78 is 6.61. The Bertz CT molecular complexity index is 970. The van der Waals surface area contributed by atoms with Crippen LogP contribution in [0.5, 0.6) is 0 Å². The first-order valence-electron chi connectivity index (χ1n) is 8.50. The van der Waals surface area contributed by atoms with Gasteiger partial charge in [-0.3, -0.25) is 14.0 Å². The van der Waals surface area contributed by atoms with Crippen molar-refractivity contribution in [2.24, 2.45) is 0 Å². The van der Waals surface area contributed by atoms with E-state index in [9.17, 15) is 9.59 Å². The Hall–Kier alpha value is -2.90. The van der Waals surface area contributed by atoms with Crippen LogP contribution in [0, 0.1) is 0 Å². The number of hydrogen-bond acceptors (Lipinski definition) is 5. The molecule has 8 heteroatoms. The number of hydrogen-bond donors (Lipinski definition) is 1. The molecule has 0 bridgehead atoms. The molecule has 4 heterocycles. The number of H-pyrrole nitrogens is 1. The molecule has 0 radical (unpaired) electrons. The van der Waals surface area contributed by atoms with Crippen LogP contribution in [0.3, 0.4) is 0 Å². The molecule has 0 aliphatic carbocycles. The zero-order chi connectivity index (χ0) is 17.4. The molecule has 1 N–H and O–H groups in total. The maximum Gasteiger partial charge on any atom is 0.276 e. The van der Waals surface area contributed by atoms with Crippen molar-refractivity contribution in [1.82, 2.24) is 24.4 Å². The van der Waals surface area contributed by atoms with Crippen LogP contribution in [0.2, 0.25) is 0 Å². The second-order valence-electron chi connectivity index (χ2n) is 6.23. The zero-order valence-electron chi connectivity index (χ0n) is 13.9. The van der Waals surface area contributed by atoms with Crippen LogP contribution in [0.1, 0.15) is 54.2 Å². The number of carbonyl (C=O) groups is 1. The summed E-state index contributed by atoms with van der Waals surface area (Å²) in [5.41, 5.74) is 0.859. The van der Waals surface area contributed by atoms with Gasteiger partial charge < -0.3 is 14.4 Å². The maximum absolute atomic E-state index is 12.9. The molecule has 25 heavy (non-hydrogen) atoms. The second kappa shape index (κ2) is 6.19. The molecular formula is C17H19N5O3. The van der Waals surface area contributed by atoms with E-state index in [0.717, 1.165) is 19.3 Å². The molecule has 3 aromatic rings. The van der Waals surface area contributed by atoms with Gasteiger partial charge in [0, 0.05) is 43.2 Å². The van der Waals surface area contributed by atoms with Crippen molar-refractivity contribution in [3.8, 4) is 0 Å². The molecule has 1 aliphatic rings. The molecule has 130 valence electrons. The highest BCUT2D eigenvalue weighted by Gasteiger charge is 2.31. The van der Waals surface area contributed by atoms with Gasteiger partial charge >= 0.3 is 0 Å². The van der Waals surface area contributed by atoms with E-state index in [1.165, 1.54) is 4.40 Å². The van der Waals surface area contributed by atoms with Crippen LogP contribution >= 0.6 is 0 Å². The third-order valence-electron chi connectivity index (χ3n) is 4.66. The largest absolute Gasteiger partial charge is 0.361 e. The van der Waals surface area contributed by atoms with Crippen molar-refractivity contribution < 1.29 is 9.32 Å². The highest BCUT2D eigenvalue weighted by Crippen LogP contribution is 2.30. The zero-order valence-corrected chi connectivity index (χ0v) is 13.9. The van der Waals surface area contributed by atoms with Gasteiger partial charge in [0.25, 0.3) is 11.5 Å². The van der Waals surface area contributed by atoms with Gasteiger partial charge in [-0.25, -0.2) is 4.98 Å². The van der Waals surface area contributed by atoms with Crippen LogP contribution < -0.4 is 5.56 Å². The van der Waals surface area contributed by atoms with Crippen molar-refractivity contribution in [3.05, 3.63) is 52.0 Å². The summed E-state index contributed by atoms with van der Waals surface area (Å²) in [5.74, 6) is 0.997. The van der Waals surface area contributed by atoms with E-state index in [4.69, 9.17) is 4.52 Å². The Kier molecular flexibility index (Phi) is 3.87. The maximum atomic E-state index is 12.9. The molecule has 3 aromatic heterocycles. The van der Waals surface area contributed by atoms with Gasteiger partial charge in [0.1, 0.15) is 5.76 Å². The Morgan fingerprint density at radius 1 is 1.40 bits per heavy atom. The molecular weight excluding hydrogens is 322 g/mol. The summed E-state index contributed by atoms with van der Waals surface area (Å²) in [6, 6.07) is 3.04. The van der Waals surface area contributed by atoms with Gasteiger partial charge in [-0.15, -0.1) is 0 Å². The molecule has 1 atom stereocenters. The Morgan fingerprint density at radius 2 is 2.28 bits per heavy atom. The predicted octanol–water partition coefficient (Wildman–Crippen LogP) is 1.94. The van der Waals surface area contributed by atoms with Crippen molar-refractivity contribution in [3.63, 3.8) is 0 Å². The summed E-state index contributed by atoms with van der Waals surface area (Å²) in [5, 5.41) is 3.89. The summed E-state index contributed by atoms with van der Waals surface area (Å²) >= 11 is 0. The smallest absolute Gasteiger partial charge is 0.276 e. The third kappa shape index (κ3) is 2.73. The lowest BCUT2D eigenvalue weighted by Crippen LogP contribution is -2.39. The number of amides is 1. The highest BCUT2D eigenvalue weighted by molar-refractivity contribution is 5.92. The first-order chi connectivity index (χ1) is 12.2. The van der Waals surface area contributed by atoms with Crippen LogP contribution in [-0.2, 0) is 6.42 Å². The molecule has 1 amide bonds. The number of imidazole rings is 1. The number of fused-ring (bicyclic) bond motifs is 1. The highest BCUT2D eigenvalue weighted by atomic mass is 16.5. The van der Waals surface area contributed by atoms with Crippen molar-refractivity contribution in [1.29, 1.82) is 0 Å². The molecule has 0 saturated carbocycles. The fourth-order valence-electron chi connectivity index (χ4n) is 3.35. The van der Waals surface area contributed by atoms with E-state index in [2.05, 4.69) is 15.1 Å². The molecule has 1 aliphatic heterocycles. The minimum atomic E-state index is -0.197. The number of likely N-dealkylation sites (tertiary alicyclic amines) is 1. The molecule has 0 aromatic carbocycles. The summed E-state index contributed by atoms with van der Waals surface area (Å²) in [4.78, 5) is 34.3. The van der Waals surface area contributed by atoms with Gasteiger partial charge in [-0.2, -0.15) is 0 Å². The molecule has 4 rings (SSSR count). The SMILES string of the molecule is CCc1cc(C(=O)N2CCCCC2c2cc(=O)n3ccnc3[nH]2)no1. The number of rotatable bonds is 3. The minimum absolute atomic E-state index is 0.158. The topological polar surface area (TPSA) is 96.5 Å². The fraction of sp³-hybridized carbons (Fsp3) is 0.412. The van der Waals surface area contributed by atoms with Gasteiger partial charge in [0.2, 0.25) is 5.78 Å². The number of aromatic amines is 1. The van der Waals surface area contributed by atoms with E-state index >= 15 is 0 Å². The average Bonchev–Trinajstić information content (AvgIpc) is 3.30. The summed E-state index contributed by atoms with van der Waals surface area (Å²) in [7, 11) is 0. The number of piperidine rings is 1. The number of aryl methyl sites for hydroxylation is 1. The number of nitrogens with one attached hydrogen (secondary N) is 1. The third-order valence-corrected chi connectivity index (χ3v) is 4.66. The lowest BCUT2D eigenvalue weighted by atomic mass is 9.98. The Morgan fingerprint density at radius 3 is 3.08 bits per heavy atom. The lowest BCUT2D eigenvalue weighted by Gasteiger charge is -2.35. The normalized spacial score (nSPS) is 18.0. The minimum Gasteiger partial charge on any atom is -0.361 e. The fourth-order valence-corrected chi connectivity index (χ4v) is 3.35. The van der Waals surface area contributed by atoms with E-state index in [1.807, 2.05) is 6.92 Å². The standard InChI is InChI=1S/C17H19N5O3/c1-2-11-9-13(20-25-11)16(24)21-7-4-3-5-14(21)12-10-15(23)22-8-6-18-17(22)19-12/h6,8-10,14H,2-5,7H2,1H3,(H,18,19). The van der Waals surface area contributed by atoms with E-state index in [0.29, 0.717) is 35.9 Å². The quantitative estimate of drug-likeness (QED) is 0.785. The second-order valence-corrected chi connectivity index (χ2v) is 6.23. The van der Waals surface area contributed by atoms with Gasteiger partial charge in [-0.05, 0) is 19.3 Å². The Balaban J connectivity index is 1.70. The number of aromatic nitrogens is 4.